The van der Waals surface area contributed by atoms with Crippen LogP contribution < -0.4 is 4.90 Å². The van der Waals surface area contributed by atoms with Gasteiger partial charge >= 0.3 is 0 Å². The maximum Gasteiger partial charge on any atom is 0.226 e. The molecule has 1 saturated heterocycles. The molecule has 0 radical (unpaired) electrons. The summed E-state index contributed by atoms with van der Waals surface area (Å²) in [6.07, 6.45) is 2.90. The second-order valence-electron chi connectivity index (χ2n) is 5.32. The summed E-state index contributed by atoms with van der Waals surface area (Å²) >= 11 is 0. The first-order chi connectivity index (χ1) is 8.75. The second kappa shape index (κ2) is 4.59. The fourth-order valence-corrected chi connectivity index (χ4v) is 2.60. The van der Waals surface area contributed by atoms with Gasteiger partial charge in [0.2, 0.25) is 5.91 Å². The van der Waals surface area contributed by atoms with E-state index < -0.39 is 0 Å². The number of hydrogen-bond donors (Lipinski definition) is 0. The Kier molecular flexibility index (Phi) is 2.94. The Morgan fingerprint density at radius 2 is 2.00 bits per heavy atom. The molecule has 0 N–H and O–H groups in total. The molecule has 1 amide bonds. The molecule has 4 nitrogen and oxygen atoms in total. The van der Waals surface area contributed by atoms with Crippen molar-refractivity contribution >= 4 is 11.7 Å². The van der Waals surface area contributed by atoms with Crippen molar-refractivity contribution in [2.45, 2.75) is 13.3 Å². The van der Waals surface area contributed by atoms with E-state index >= 15 is 0 Å². The molecule has 3 rings (SSSR count). The van der Waals surface area contributed by atoms with Gasteiger partial charge in [-0.05, 0) is 24.5 Å². The lowest BCUT2D eigenvalue weighted by Crippen LogP contribution is -2.49. The first-order valence-electron chi connectivity index (χ1n) is 6.70. The number of aromatic nitrogens is 1. The Balaban J connectivity index is 1.57. The maximum absolute atomic E-state index is 12.1. The van der Waals surface area contributed by atoms with Crippen LogP contribution in [0.1, 0.15) is 13.3 Å². The molecule has 0 bridgehead atoms. The largest absolute Gasteiger partial charge is 0.353 e. The van der Waals surface area contributed by atoms with Crippen molar-refractivity contribution in [3.05, 3.63) is 24.4 Å². The van der Waals surface area contributed by atoms with E-state index in [0.29, 0.717) is 17.7 Å². The van der Waals surface area contributed by atoms with Gasteiger partial charge in [0.05, 0.1) is 0 Å². The molecule has 96 valence electrons. The van der Waals surface area contributed by atoms with Crippen LogP contribution in [0.25, 0.3) is 0 Å². The summed E-state index contributed by atoms with van der Waals surface area (Å²) in [7, 11) is 0. The zero-order chi connectivity index (χ0) is 12.5. The normalized spacial score (nSPS) is 27.2. The number of anilines is 1. The standard InChI is InChI=1S/C14H19N3O/c1-11-10-12(11)14(18)17-8-6-16(7-9-17)13-4-2-3-5-15-13/h2-5,11-12H,6-10H2,1H3/t11-,12-/m0/s1. The van der Waals surface area contributed by atoms with Gasteiger partial charge in [-0.1, -0.05) is 13.0 Å². The molecule has 0 unspecified atom stereocenters. The van der Waals surface area contributed by atoms with Crippen LogP contribution in [0.4, 0.5) is 5.82 Å². The third-order valence-electron chi connectivity index (χ3n) is 3.99. The zero-order valence-electron chi connectivity index (χ0n) is 10.7. The minimum Gasteiger partial charge on any atom is -0.353 e. The number of piperazine rings is 1. The summed E-state index contributed by atoms with van der Waals surface area (Å²) in [4.78, 5) is 20.7. The van der Waals surface area contributed by atoms with Crippen LogP contribution in [0.3, 0.4) is 0 Å². The van der Waals surface area contributed by atoms with Gasteiger partial charge in [-0.25, -0.2) is 4.98 Å². The molecule has 1 aromatic rings. The summed E-state index contributed by atoms with van der Waals surface area (Å²) in [5.41, 5.74) is 0. The van der Waals surface area contributed by atoms with Crippen molar-refractivity contribution in [3.8, 4) is 0 Å². The molecular formula is C14H19N3O. The number of hydrogen-bond acceptors (Lipinski definition) is 3. The predicted molar refractivity (Wildman–Crippen MR) is 70.3 cm³/mol. The monoisotopic (exact) mass is 245 g/mol. The fourth-order valence-electron chi connectivity index (χ4n) is 2.60. The van der Waals surface area contributed by atoms with Crippen LogP contribution in [-0.4, -0.2) is 42.0 Å². The van der Waals surface area contributed by atoms with Crippen molar-refractivity contribution in [2.75, 3.05) is 31.1 Å². The molecule has 0 spiro atoms. The highest BCUT2D eigenvalue weighted by Crippen LogP contribution is 2.39. The zero-order valence-corrected chi connectivity index (χ0v) is 10.7. The predicted octanol–water partition coefficient (Wildman–Crippen LogP) is 1.39. The van der Waals surface area contributed by atoms with E-state index in [1.165, 1.54) is 0 Å². The molecule has 2 atom stereocenters. The van der Waals surface area contributed by atoms with Crippen LogP contribution in [0.2, 0.25) is 0 Å². The van der Waals surface area contributed by atoms with E-state index in [0.717, 1.165) is 38.4 Å². The summed E-state index contributed by atoms with van der Waals surface area (Å²) in [6.45, 7) is 5.61. The van der Waals surface area contributed by atoms with Crippen molar-refractivity contribution in [1.82, 2.24) is 9.88 Å². The molecule has 2 aliphatic rings. The SMILES string of the molecule is C[C@H]1C[C@@H]1C(=O)N1CCN(c2ccccn2)CC1. The molecular weight excluding hydrogens is 226 g/mol. The van der Waals surface area contributed by atoms with Crippen LogP contribution in [0.5, 0.6) is 0 Å². The van der Waals surface area contributed by atoms with Gasteiger partial charge in [0.1, 0.15) is 5.82 Å². The molecule has 4 heteroatoms. The topological polar surface area (TPSA) is 36.4 Å². The molecule has 2 heterocycles. The van der Waals surface area contributed by atoms with Crippen molar-refractivity contribution < 1.29 is 4.79 Å². The van der Waals surface area contributed by atoms with Crippen molar-refractivity contribution in [1.29, 1.82) is 0 Å². The number of carbonyl (C=O) groups is 1. The number of pyridine rings is 1. The Morgan fingerprint density at radius 1 is 1.28 bits per heavy atom. The molecule has 0 aromatic carbocycles. The van der Waals surface area contributed by atoms with E-state index in [4.69, 9.17) is 0 Å². The highest BCUT2D eigenvalue weighted by Gasteiger charge is 2.41. The highest BCUT2D eigenvalue weighted by atomic mass is 16.2. The molecule has 18 heavy (non-hydrogen) atoms. The van der Waals surface area contributed by atoms with Crippen LogP contribution >= 0.6 is 0 Å². The Labute approximate surface area is 108 Å². The van der Waals surface area contributed by atoms with Gasteiger partial charge in [-0.15, -0.1) is 0 Å². The quantitative estimate of drug-likeness (QED) is 0.790. The molecule has 1 aliphatic carbocycles. The number of carbonyl (C=O) groups excluding carboxylic acids is 1. The minimum absolute atomic E-state index is 0.311. The average molecular weight is 245 g/mol. The fraction of sp³-hybridized carbons (Fsp3) is 0.571. The van der Waals surface area contributed by atoms with Crippen LogP contribution in [0, 0.1) is 11.8 Å². The van der Waals surface area contributed by atoms with Gasteiger partial charge in [0.25, 0.3) is 0 Å². The van der Waals surface area contributed by atoms with E-state index in [-0.39, 0.29) is 0 Å². The smallest absolute Gasteiger partial charge is 0.226 e. The Hall–Kier alpha value is -1.58. The summed E-state index contributed by atoms with van der Waals surface area (Å²) in [5, 5.41) is 0. The lowest BCUT2D eigenvalue weighted by molar-refractivity contribution is -0.133. The lowest BCUT2D eigenvalue weighted by atomic mass is 10.2. The summed E-state index contributed by atoms with van der Waals surface area (Å²) in [5.74, 6) is 2.30. The molecule has 1 aromatic heterocycles. The van der Waals surface area contributed by atoms with E-state index in [1.807, 2.05) is 29.3 Å². The molecule has 1 saturated carbocycles. The first-order valence-corrected chi connectivity index (χ1v) is 6.70. The molecule has 1 aliphatic heterocycles. The summed E-state index contributed by atoms with van der Waals surface area (Å²) in [6, 6.07) is 5.96. The lowest BCUT2D eigenvalue weighted by Gasteiger charge is -2.35. The molecule has 2 fully saturated rings. The van der Waals surface area contributed by atoms with Crippen LogP contribution in [-0.2, 0) is 4.79 Å². The second-order valence-corrected chi connectivity index (χ2v) is 5.32. The van der Waals surface area contributed by atoms with Crippen LogP contribution in [0.15, 0.2) is 24.4 Å². The Morgan fingerprint density at radius 3 is 2.56 bits per heavy atom. The number of amides is 1. The third-order valence-corrected chi connectivity index (χ3v) is 3.99. The van der Waals surface area contributed by atoms with Gasteiger partial charge in [0, 0.05) is 38.3 Å². The van der Waals surface area contributed by atoms with Gasteiger partial charge < -0.3 is 9.80 Å². The van der Waals surface area contributed by atoms with E-state index in [2.05, 4.69) is 16.8 Å². The van der Waals surface area contributed by atoms with Gasteiger partial charge in [-0.3, -0.25) is 4.79 Å². The van der Waals surface area contributed by atoms with Crippen molar-refractivity contribution in [2.24, 2.45) is 11.8 Å². The maximum atomic E-state index is 12.1. The average Bonchev–Trinajstić information content (AvgIpc) is 3.16. The van der Waals surface area contributed by atoms with Gasteiger partial charge in [0.15, 0.2) is 0 Å². The minimum atomic E-state index is 0.311. The van der Waals surface area contributed by atoms with Gasteiger partial charge in [-0.2, -0.15) is 0 Å². The number of nitrogens with zero attached hydrogens (tertiary/aromatic N) is 3. The highest BCUT2D eigenvalue weighted by molar-refractivity contribution is 5.81. The van der Waals surface area contributed by atoms with E-state index in [9.17, 15) is 4.79 Å². The van der Waals surface area contributed by atoms with E-state index in [1.54, 1.807) is 0 Å². The third kappa shape index (κ3) is 2.19. The Bertz CT molecular complexity index is 426. The summed E-state index contributed by atoms with van der Waals surface area (Å²) < 4.78 is 0. The van der Waals surface area contributed by atoms with Crippen molar-refractivity contribution in [3.63, 3.8) is 0 Å². The number of rotatable bonds is 2. The first kappa shape index (κ1) is 11.5.